The smallest absolute Gasteiger partial charge is 0.301 e. The molecule has 34 heavy (non-hydrogen) atoms. The number of benzene rings is 2. The minimum Gasteiger partial charge on any atom is -0.507 e. The Morgan fingerprint density at radius 1 is 1.06 bits per heavy atom. The molecule has 0 aliphatic carbocycles. The third kappa shape index (κ3) is 3.74. The van der Waals surface area contributed by atoms with Gasteiger partial charge in [-0.05, 0) is 34.7 Å². The molecule has 0 saturated carbocycles. The molecule has 174 valence electrons. The molecule has 0 spiro atoms. The first-order valence-corrected chi connectivity index (χ1v) is 11.8. The maximum absolute atomic E-state index is 13.2. The lowest BCUT2D eigenvalue weighted by atomic mass is 9.85. The Morgan fingerprint density at radius 3 is 2.41 bits per heavy atom. The monoisotopic (exact) mass is 476 g/mol. The van der Waals surface area contributed by atoms with Gasteiger partial charge < -0.3 is 14.6 Å². The molecule has 1 amide bonds. The number of aromatic nitrogens is 1. The number of amides is 1. The van der Waals surface area contributed by atoms with Crippen LogP contribution in [0.1, 0.15) is 43.5 Å². The number of rotatable bonds is 3. The summed E-state index contributed by atoms with van der Waals surface area (Å²) >= 11 is 1.26. The lowest BCUT2D eigenvalue weighted by Crippen LogP contribution is -2.29. The molecule has 7 nitrogen and oxygen atoms in total. The molecule has 8 heteroatoms. The van der Waals surface area contributed by atoms with Gasteiger partial charge in [0.25, 0.3) is 5.78 Å². The molecule has 2 aliphatic heterocycles. The first-order chi connectivity index (χ1) is 16.3. The molecule has 1 N–H and O–H groups in total. The van der Waals surface area contributed by atoms with Gasteiger partial charge in [0.2, 0.25) is 0 Å². The van der Waals surface area contributed by atoms with E-state index in [-0.39, 0.29) is 16.7 Å². The highest BCUT2D eigenvalue weighted by Gasteiger charge is 2.48. The summed E-state index contributed by atoms with van der Waals surface area (Å²) < 4.78 is 11.2. The maximum Gasteiger partial charge on any atom is 0.301 e. The summed E-state index contributed by atoms with van der Waals surface area (Å²) in [5, 5.41) is 13.4. The number of anilines is 1. The van der Waals surface area contributed by atoms with E-state index in [0.717, 1.165) is 5.56 Å². The summed E-state index contributed by atoms with van der Waals surface area (Å²) in [5.41, 5.74) is 2.16. The van der Waals surface area contributed by atoms with E-state index in [2.05, 4.69) is 25.8 Å². The molecular weight excluding hydrogens is 452 g/mol. The lowest BCUT2D eigenvalue weighted by molar-refractivity contribution is -0.132. The second-order valence-electron chi connectivity index (χ2n) is 9.21. The van der Waals surface area contributed by atoms with E-state index in [1.165, 1.54) is 16.2 Å². The Bertz CT molecular complexity index is 1290. The van der Waals surface area contributed by atoms with Gasteiger partial charge in [-0.15, -0.1) is 11.3 Å². The zero-order chi connectivity index (χ0) is 24.0. The van der Waals surface area contributed by atoms with Gasteiger partial charge in [0.1, 0.15) is 19.0 Å². The molecule has 0 radical (unpaired) electrons. The summed E-state index contributed by atoms with van der Waals surface area (Å²) in [6.45, 7) is 7.19. The number of aliphatic hydroxyl groups excluding tert-OH is 1. The van der Waals surface area contributed by atoms with Crippen molar-refractivity contribution >= 4 is 33.9 Å². The van der Waals surface area contributed by atoms with Gasteiger partial charge in [-0.1, -0.05) is 45.0 Å². The van der Waals surface area contributed by atoms with Crippen molar-refractivity contribution in [2.75, 3.05) is 18.1 Å². The molecule has 3 aromatic rings. The number of hydrogen-bond donors (Lipinski definition) is 1. The van der Waals surface area contributed by atoms with Gasteiger partial charge >= 0.3 is 5.91 Å². The van der Waals surface area contributed by atoms with Gasteiger partial charge in [0.15, 0.2) is 16.6 Å². The van der Waals surface area contributed by atoms with Crippen molar-refractivity contribution in [2.45, 2.75) is 32.2 Å². The Hall–Kier alpha value is -3.65. The summed E-state index contributed by atoms with van der Waals surface area (Å²) in [6.07, 6.45) is 1.58. The second-order valence-corrected chi connectivity index (χ2v) is 10.1. The SMILES string of the molecule is CC(C)(C)c1ccc(C2/C(=C(/O)c3ccc4c(c3)OCCO4)C(=O)C(=O)N2c2nccs2)cc1. The third-order valence-corrected chi connectivity index (χ3v) is 6.75. The summed E-state index contributed by atoms with van der Waals surface area (Å²) in [6, 6.07) is 11.9. The van der Waals surface area contributed by atoms with E-state index in [1.54, 1.807) is 29.8 Å². The zero-order valence-electron chi connectivity index (χ0n) is 19.1. The molecule has 1 aromatic heterocycles. The Balaban J connectivity index is 1.66. The number of thiazole rings is 1. The number of ether oxygens (including phenoxy) is 2. The van der Waals surface area contributed by atoms with Crippen molar-refractivity contribution in [1.82, 2.24) is 4.98 Å². The number of ketones is 1. The molecule has 1 fully saturated rings. The number of fused-ring (bicyclic) bond motifs is 1. The van der Waals surface area contributed by atoms with Crippen molar-refractivity contribution in [3.63, 3.8) is 0 Å². The molecule has 5 rings (SSSR count). The first kappa shape index (κ1) is 22.2. The van der Waals surface area contributed by atoms with Crippen molar-refractivity contribution in [1.29, 1.82) is 0 Å². The highest BCUT2D eigenvalue weighted by Crippen LogP contribution is 2.44. The van der Waals surface area contributed by atoms with Gasteiger partial charge in [-0.2, -0.15) is 0 Å². The minimum atomic E-state index is -0.812. The normalized spacial score (nSPS) is 19.5. The number of hydrogen-bond acceptors (Lipinski definition) is 7. The van der Waals surface area contributed by atoms with Gasteiger partial charge in [0.05, 0.1) is 11.6 Å². The van der Waals surface area contributed by atoms with Crippen LogP contribution in [0.25, 0.3) is 5.76 Å². The van der Waals surface area contributed by atoms with Crippen LogP contribution in [0.2, 0.25) is 0 Å². The predicted octanol–water partition coefficient (Wildman–Crippen LogP) is 4.84. The second kappa shape index (κ2) is 8.29. The summed E-state index contributed by atoms with van der Waals surface area (Å²) in [4.78, 5) is 32.0. The van der Waals surface area contributed by atoms with Gasteiger partial charge in [-0.3, -0.25) is 14.5 Å². The van der Waals surface area contributed by atoms with Crippen molar-refractivity contribution in [2.24, 2.45) is 0 Å². The highest BCUT2D eigenvalue weighted by molar-refractivity contribution is 7.14. The van der Waals surface area contributed by atoms with Crippen LogP contribution < -0.4 is 14.4 Å². The fourth-order valence-electron chi connectivity index (χ4n) is 4.19. The van der Waals surface area contributed by atoms with Crippen LogP contribution in [0.5, 0.6) is 11.5 Å². The van der Waals surface area contributed by atoms with E-state index in [1.807, 2.05) is 24.3 Å². The van der Waals surface area contributed by atoms with Crippen LogP contribution in [-0.4, -0.2) is 35.0 Å². The standard InChI is InChI=1S/C26H24N2O5S/c1-26(2,3)17-7-4-15(5-8-17)21-20(23(30)24(31)28(21)25-27-10-13-34-25)22(29)16-6-9-18-19(14-16)33-12-11-32-18/h4-10,13-14,21,29H,11-12H2,1-3H3/b22-20-. The van der Waals surface area contributed by atoms with Crippen LogP contribution in [-0.2, 0) is 15.0 Å². The lowest BCUT2D eigenvalue weighted by Gasteiger charge is -2.25. The quantitative estimate of drug-likeness (QED) is 0.331. The summed E-state index contributed by atoms with van der Waals surface area (Å²) in [5.74, 6) is -0.693. The average Bonchev–Trinajstić information content (AvgIpc) is 3.44. The van der Waals surface area contributed by atoms with E-state index in [9.17, 15) is 14.7 Å². The summed E-state index contributed by atoms with van der Waals surface area (Å²) in [7, 11) is 0. The van der Waals surface area contributed by atoms with Gasteiger partial charge in [0, 0.05) is 17.1 Å². The third-order valence-electron chi connectivity index (χ3n) is 5.98. The van der Waals surface area contributed by atoms with E-state index < -0.39 is 17.7 Å². The zero-order valence-corrected chi connectivity index (χ0v) is 19.9. The topological polar surface area (TPSA) is 89.0 Å². The molecule has 1 atom stereocenters. The van der Waals surface area contributed by atoms with Crippen LogP contribution in [0.4, 0.5) is 5.13 Å². The molecule has 1 saturated heterocycles. The van der Waals surface area contributed by atoms with Crippen molar-refractivity contribution in [3.8, 4) is 11.5 Å². The average molecular weight is 477 g/mol. The number of nitrogens with zero attached hydrogens (tertiary/aromatic N) is 2. The van der Waals surface area contributed by atoms with Crippen molar-refractivity contribution in [3.05, 3.63) is 76.3 Å². The van der Waals surface area contributed by atoms with Gasteiger partial charge in [-0.25, -0.2) is 4.98 Å². The van der Waals surface area contributed by atoms with E-state index in [4.69, 9.17) is 9.47 Å². The predicted molar refractivity (Wildman–Crippen MR) is 129 cm³/mol. The molecule has 0 bridgehead atoms. The maximum atomic E-state index is 13.2. The number of Topliss-reactive ketones (excluding diaryl/α,β-unsaturated/α-hetero) is 1. The van der Waals surface area contributed by atoms with Crippen LogP contribution in [0.3, 0.4) is 0 Å². The Kier molecular flexibility index (Phi) is 5.40. The number of carbonyl (C=O) groups excluding carboxylic acids is 2. The van der Waals surface area contributed by atoms with E-state index >= 15 is 0 Å². The van der Waals surface area contributed by atoms with Crippen LogP contribution >= 0.6 is 11.3 Å². The Morgan fingerprint density at radius 2 is 1.76 bits per heavy atom. The molecule has 1 unspecified atom stereocenters. The first-order valence-electron chi connectivity index (χ1n) is 11.0. The fourth-order valence-corrected chi connectivity index (χ4v) is 4.86. The van der Waals surface area contributed by atoms with E-state index in [0.29, 0.717) is 41.0 Å². The molecule has 3 heterocycles. The fraction of sp³-hybridized carbons (Fsp3) is 0.269. The number of aliphatic hydroxyl groups is 1. The minimum absolute atomic E-state index is 0.0142. The molecular formula is C26H24N2O5S. The molecule has 2 aromatic carbocycles. The van der Waals surface area contributed by atoms with Crippen molar-refractivity contribution < 1.29 is 24.2 Å². The highest BCUT2D eigenvalue weighted by atomic mass is 32.1. The van der Waals surface area contributed by atoms with Crippen LogP contribution in [0, 0.1) is 0 Å². The molecule has 2 aliphatic rings. The Labute approximate surface area is 201 Å². The van der Waals surface area contributed by atoms with Crippen LogP contribution in [0.15, 0.2) is 59.6 Å². The largest absolute Gasteiger partial charge is 0.507 e. The number of carbonyl (C=O) groups is 2.